The standard InChI is InChI=1S/C17H36N2/c1-6-10-19(11-7-2)13-14-12-15(17(3,4)5)8-9-16(14)18/h14-16H,6-13,18H2,1-5H3. The van der Waals surface area contributed by atoms with Crippen LogP contribution in [0.25, 0.3) is 0 Å². The fraction of sp³-hybridized carbons (Fsp3) is 1.00. The summed E-state index contributed by atoms with van der Waals surface area (Å²) in [6, 6.07) is 0.426. The Kier molecular flexibility index (Phi) is 6.82. The highest BCUT2D eigenvalue weighted by Crippen LogP contribution is 2.40. The molecule has 19 heavy (non-hydrogen) atoms. The molecule has 114 valence electrons. The van der Waals surface area contributed by atoms with Crippen LogP contribution in [0.3, 0.4) is 0 Å². The summed E-state index contributed by atoms with van der Waals surface area (Å²) in [4.78, 5) is 2.63. The van der Waals surface area contributed by atoms with Crippen molar-refractivity contribution < 1.29 is 0 Å². The zero-order valence-corrected chi connectivity index (χ0v) is 13.9. The topological polar surface area (TPSA) is 29.3 Å². The lowest BCUT2D eigenvalue weighted by Crippen LogP contribution is -2.45. The van der Waals surface area contributed by atoms with E-state index in [1.807, 2.05) is 0 Å². The third-order valence-corrected chi connectivity index (χ3v) is 4.84. The predicted molar refractivity (Wildman–Crippen MR) is 85.3 cm³/mol. The molecule has 0 amide bonds. The van der Waals surface area contributed by atoms with E-state index >= 15 is 0 Å². The van der Waals surface area contributed by atoms with Crippen LogP contribution in [-0.4, -0.2) is 30.6 Å². The minimum Gasteiger partial charge on any atom is -0.327 e. The molecule has 0 aromatic carbocycles. The van der Waals surface area contributed by atoms with E-state index in [1.54, 1.807) is 0 Å². The molecular formula is C17H36N2. The summed E-state index contributed by atoms with van der Waals surface area (Å²) >= 11 is 0. The highest BCUT2D eigenvalue weighted by Gasteiger charge is 2.34. The molecule has 1 aliphatic carbocycles. The molecule has 3 unspecified atom stereocenters. The zero-order chi connectivity index (χ0) is 14.5. The van der Waals surface area contributed by atoms with Gasteiger partial charge in [-0.25, -0.2) is 0 Å². The maximum absolute atomic E-state index is 6.40. The molecule has 1 saturated carbocycles. The van der Waals surface area contributed by atoms with Crippen LogP contribution in [0, 0.1) is 17.3 Å². The molecule has 0 saturated heterocycles. The molecular weight excluding hydrogens is 232 g/mol. The van der Waals surface area contributed by atoms with Crippen molar-refractivity contribution in [2.24, 2.45) is 23.0 Å². The summed E-state index contributed by atoms with van der Waals surface area (Å²) in [5.41, 5.74) is 6.84. The second-order valence-corrected chi connectivity index (χ2v) is 7.60. The van der Waals surface area contributed by atoms with Gasteiger partial charge in [-0.3, -0.25) is 0 Å². The van der Waals surface area contributed by atoms with Gasteiger partial charge in [0.2, 0.25) is 0 Å². The van der Waals surface area contributed by atoms with Crippen molar-refractivity contribution >= 4 is 0 Å². The van der Waals surface area contributed by atoms with E-state index in [2.05, 4.69) is 39.5 Å². The van der Waals surface area contributed by atoms with Crippen LogP contribution in [0.2, 0.25) is 0 Å². The van der Waals surface area contributed by atoms with Crippen LogP contribution in [0.5, 0.6) is 0 Å². The van der Waals surface area contributed by atoms with E-state index in [4.69, 9.17) is 5.73 Å². The Bertz CT molecular complexity index is 238. The fourth-order valence-corrected chi connectivity index (χ4v) is 3.54. The van der Waals surface area contributed by atoms with E-state index in [1.165, 1.54) is 51.7 Å². The van der Waals surface area contributed by atoms with Gasteiger partial charge in [-0.15, -0.1) is 0 Å². The van der Waals surface area contributed by atoms with Crippen molar-refractivity contribution in [2.75, 3.05) is 19.6 Å². The first-order valence-corrected chi connectivity index (χ1v) is 8.36. The largest absolute Gasteiger partial charge is 0.327 e. The van der Waals surface area contributed by atoms with Crippen LogP contribution in [0.1, 0.15) is 66.7 Å². The maximum Gasteiger partial charge on any atom is 0.00795 e. The SMILES string of the molecule is CCCN(CCC)CC1CC(C(C)(C)C)CCC1N. The average Bonchev–Trinajstić information content (AvgIpc) is 2.31. The highest BCUT2D eigenvalue weighted by atomic mass is 15.1. The zero-order valence-electron chi connectivity index (χ0n) is 13.9. The van der Waals surface area contributed by atoms with Crippen molar-refractivity contribution in [3.63, 3.8) is 0 Å². The van der Waals surface area contributed by atoms with Gasteiger partial charge in [-0.1, -0.05) is 34.6 Å². The minimum absolute atomic E-state index is 0.426. The average molecular weight is 268 g/mol. The fourth-order valence-electron chi connectivity index (χ4n) is 3.54. The molecule has 0 radical (unpaired) electrons. The lowest BCUT2D eigenvalue weighted by Gasteiger charge is -2.42. The summed E-state index contributed by atoms with van der Waals surface area (Å²) in [5, 5.41) is 0. The lowest BCUT2D eigenvalue weighted by molar-refractivity contribution is 0.0988. The van der Waals surface area contributed by atoms with Gasteiger partial charge in [0, 0.05) is 12.6 Å². The van der Waals surface area contributed by atoms with Gasteiger partial charge in [0.1, 0.15) is 0 Å². The summed E-state index contributed by atoms with van der Waals surface area (Å²) < 4.78 is 0. The smallest absolute Gasteiger partial charge is 0.00795 e. The Balaban J connectivity index is 2.57. The molecule has 0 spiro atoms. The summed E-state index contributed by atoms with van der Waals surface area (Å²) in [6.45, 7) is 15.4. The third-order valence-electron chi connectivity index (χ3n) is 4.84. The molecule has 0 aromatic rings. The van der Waals surface area contributed by atoms with Crippen LogP contribution in [0.4, 0.5) is 0 Å². The molecule has 2 N–H and O–H groups in total. The minimum atomic E-state index is 0.426. The number of rotatable bonds is 6. The van der Waals surface area contributed by atoms with Gasteiger partial charge in [0.05, 0.1) is 0 Å². The highest BCUT2D eigenvalue weighted by molar-refractivity contribution is 4.88. The van der Waals surface area contributed by atoms with Gasteiger partial charge in [0.15, 0.2) is 0 Å². The van der Waals surface area contributed by atoms with Crippen LogP contribution in [-0.2, 0) is 0 Å². The molecule has 1 rings (SSSR count). The van der Waals surface area contributed by atoms with Gasteiger partial charge in [-0.2, -0.15) is 0 Å². The van der Waals surface area contributed by atoms with Crippen molar-refractivity contribution in [3.05, 3.63) is 0 Å². The quantitative estimate of drug-likeness (QED) is 0.791. The number of hydrogen-bond donors (Lipinski definition) is 1. The Morgan fingerprint density at radius 2 is 1.63 bits per heavy atom. The van der Waals surface area contributed by atoms with Crippen LogP contribution >= 0.6 is 0 Å². The Morgan fingerprint density at radius 3 is 2.11 bits per heavy atom. The molecule has 1 aliphatic rings. The normalized spacial score (nSPS) is 28.9. The molecule has 2 heteroatoms. The Labute approximate surface area is 121 Å². The first kappa shape index (κ1) is 17.0. The van der Waals surface area contributed by atoms with Crippen LogP contribution in [0.15, 0.2) is 0 Å². The van der Waals surface area contributed by atoms with E-state index in [0.29, 0.717) is 17.4 Å². The summed E-state index contributed by atoms with van der Waals surface area (Å²) in [6.07, 6.45) is 6.38. The molecule has 0 aliphatic heterocycles. The summed E-state index contributed by atoms with van der Waals surface area (Å²) in [5.74, 6) is 1.55. The van der Waals surface area contributed by atoms with E-state index in [9.17, 15) is 0 Å². The number of hydrogen-bond acceptors (Lipinski definition) is 2. The van der Waals surface area contributed by atoms with E-state index in [-0.39, 0.29) is 0 Å². The second kappa shape index (κ2) is 7.64. The van der Waals surface area contributed by atoms with Crippen LogP contribution < -0.4 is 5.73 Å². The summed E-state index contributed by atoms with van der Waals surface area (Å²) in [7, 11) is 0. The van der Waals surface area contributed by atoms with Gasteiger partial charge < -0.3 is 10.6 Å². The maximum atomic E-state index is 6.40. The monoisotopic (exact) mass is 268 g/mol. The van der Waals surface area contributed by atoms with Crippen molar-refractivity contribution in [1.29, 1.82) is 0 Å². The Hall–Kier alpha value is -0.0800. The molecule has 0 bridgehead atoms. The van der Waals surface area contributed by atoms with Gasteiger partial charge in [-0.05, 0) is 62.4 Å². The molecule has 2 nitrogen and oxygen atoms in total. The predicted octanol–water partition coefficient (Wildman–Crippen LogP) is 3.90. The second-order valence-electron chi connectivity index (χ2n) is 7.60. The molecule has 1 fully saturated rings. The Morgan fingerprint density at radius 1 is 1.05 bits per heavy atom. The van der Waals surface area contributed by atoms with Gasteiger partial charge >= 0.3 is 0 Å². The van der Waals surface area contributed by atoms with Gasteiger partial charge in [0.25, 0.3) is 0 Å². The number of nitrogens with zero attached hydrogens (tertiary/aromatic N) is 1. The molecule has 0 heterocycles. The van der Waals surface area contributed by atoms with Crippen molar-refractivity contribution in [2.45, 2.75) is 72.8 Å². The first-order valence-electron chi connectivity index (χ1n) is 8.36. The lowest BCUT2D eigenvalue weighted by atomic mass is 9.67. The third kappa shape index (κ3) is 5.43. The number of nitrogens with two attached hydrogens (primary N) is 1. The van der Waals surface area contributed by atoms with E-state index in [0.717, 1.165) is 5.92 Å². The first-order chi connectivity index (χ1) is 8.88. The molecule has 3 atom stereocenters. The van der Waals surface area contributed by atoms with E-state index < -0.39 is 0 Å². The van der Waals surface area contributed by atoms with Crippen molar-refractivity contribution in [3.8, 4) is 0 Å². The van der Waals surface area contributed by atoms with Crippen molar-refractivity contribution in [1.82, 2.24) is 4.90 Å². The molecule has 0 aromatic heterocycles.